The molecule has 0 unspecified atom stereocenters. The van der Waals surface area contributed by atoms with Gasteiger partial charge in [0, 0.05) is 16.3 Å². The highest BCUT2D eigenvalue weighted by Gasteiger charge is 2.02. The fourth-order valence-corrected chi connectivity index (χ4v) is 2.59. The topological polar surface area (TPSA) is 26.0 Å². The fraction of sp³-hybridized carbons (Fsp3) is 0.143. The van der Waals surface area contributed by atoms with Gasteiger partial charge in [0.2, 0.25) is 0 Å². The van der Waals surface area contributed by atoms with E-state index in [1.54, 1.807) is 17.8 Å². The second kappa shape index (κ2) is 5.23. The molecule has 1 nitrogen and oxygen atoms in total. The van der Waals surface area contributed by atoms with Crippen molar-refractivity contribution in [1.82, 2.24) is 0 Å². The molecule has 88 valence electrons. The molecule has 0 aliphatic heterocycles. The van der Waals surface area contributed by atoms with Gasteiger partial charge in [-0.05, 0) is 48.4 Å². The average molecular weight is 247 g/mol. The van der Waals surface area contributed by atoms with Crippen LogP contribution in [0.15, 0.2) is 47.4 Å². The smallest absolute Gasteiger partial charge is 0.123 e. The summed E-state index contributed by atoms with van der Waals surface area (Å²) >= 11 is 1.66. The molecule has 0 atom stereocenters. The fourth-order valence-electron chi connectivity index (χ4n) is 1.56. The summed E-state index contributed by atoms with van der Waals surface area (Å²) in [6, 6.07) is 12.6. The predicted octanol–water partition coefficient (Wildman–Crippen LogP) is 4.01. The van der Waals surface area contributed by atoms with Crippen LogP contribution in [0.3, 0.4) is 0 Å². The molecule has 0 fully saturated rings. The SMILES string of the molecule is Cc1ccc(F)cc1CSc1cccc(N)c1. The van der Waals surface area contributed by atoms with Crippen LogP contribution in [0.25, 0.3) is 0 Å². The summed E-state index contributed by atoms with van der Waals surface area (Å²) in [5.74, 6) is 0.575. The zero-order valence-corrected chi connectivity index (χ0v) is 10.4. The molecule has 0 saturated carbocycles. The minimum absolute atomic E-state index is 0.182. The van der Waals surface area contributed by atoms with Crippen LogP contribution in [0, 0.1) is 12.7 Å². The number of thioether (sulfide) groups is 1. The largest absolute Gasteiger partial charge is 0.399 e. The van der Waals surface area contributed by atoms with E-state index in [0.29, 0.717) is 0 Å². The van der Waals surface area contributed by atoms with E-state index in [1.165, 1.54) is 6.07 Å². The highest BCUT2D eigenvalue weighted by Crippen LogP contribution is 2.25. The maximum Gasteiger partial charge on any atom is 0.123 e. The predicted molar refractivity (Wildman–Crippen MR) is 71.6 cm³/mol. The average Bonchev–Trinajstić information content (AvgIpc) is 2.30. The van der Waals surface area contributed by atoms with Gasteiger partial charge in [0.15, 0.2) is 0 Å². The van der Waals surface area contributed by atoms with Crippen molar-refractivity contribution in [1.29, 1.82) is 0 Å². The molecule has 2 N–H and O–H groups in total. The first kappa shape index (κ1) is 12.0. The molecule has 2 aromatic rings. The van der Waals surface area contributed by atoms with Crippen LogP contribution in [0.4, 0.5) is 10.1 Å². The number of benzene rings is 2. The third-order valence-corrected chi connectivity index (χ3v) is 3.61. The normalized spacial score (nSPS) is 10.5. The minimum Gasteiger partial charge on any atom is -0.399 e. The molecule has 0 spiro atoms. The monoisotopic (exact) mass is 247 g/mol. The second-order valence-electron chi connectivity index (χ2n) is 3.93. The van der Waals surface area contributed by atoms with E-state index < -0.39 is 0 Å². The molecule has 2 aromatic carbocycles. The Labute approximate surface area is 105 Å². The van der Waals surface area contributed by atoms with Crippen molar-refractivity contribution >= 4 is 17.4 Å². The maximum absolute atomic E-state index is 13.1. The van der Waals surface area contributed by atoms with E-state index in [2.05, 4.69) is 0 Å². The van der Waals surface area contributed by atoms with E-state index in [0.717, 1.165) is 27.5 Å². The number of nitrogens with two attached hydrogens (primary N) is 1. The van der Waals surface area contributed by atoms with Crippen LogP contribution in [-0.4, -0.2) is 0 Å². The van der Waals surface area contributed by atoms with Crippen LogP contribution in [0.1, 0.15) is 11.1 Å². The first-order valence-corrected chi connectivity index (χ1v) is 6.37. The summed E-state index contributed by atoms with van der Waals surface area (Å²) in [7, 11) is 0. The summed E-state index contributed by atoms with van der Waals surface area (Å²) in [6.07, 6.45) is 0. The number of rotatable bonds is 3. The molecule has 0 amide bonds. The van der Waals surface area contributed by atoms with Gasteiger partial charge in [-0.15, -0.1) is 11.8 Å². The van der Waals surface area contributed by atoms with Crippen LogP contribution in [0.2, 0.25) is 0 Å². The Morgan fingerprint density at radius 2 is 2.00 bits per heavy atom. The number of aryl methyl sites for hydroxylation is 1. The van der Waals surface area contributed by atoms with E-state index in [9.17, 15) is 4.39 Å². The van der Waals surface area contributed by atoms with Crippen molar-refractivity contribution in [2.45, 2.75) is 17.6 Å². The Morgan fingerprint density at radius 3 is 2.76 bits per heavy atom. The zero-order valence-electron chi connectivity index (χ0n) is 9.61. The van der Waals surface area contributed by atoms with Crippen LogP contribution in [0.5, 0.6) is 0 Å². The third kappa shape index (κ3) is 3.24. The Bertz CT molecular complexity index is 525. The van der Waals surface area contributed by atoms with Crippen molar-refractivity contribution in [2.75, 3.05) is 5.73 Å². The van der Waals surface area contributed by atoms with Crippen molar-refractivity contribution in [2.24, 2.45) is 0 Å². The lowest BCUT2D eigenvalue weighted by molar-refractivity contribution is 0.626. The molecule has 0 bridgehead atoms. The molecule has 0 aliphatic rings. The summed E-state index contributed by atoms with van der Waals surface area (Å²) in [5, 5.41) is 0. The molecule has 2 rings (SSSR count). The number of halogens is 1. The van der Waals surface area contributed by atoms with E-state index in [1.807, 2.05) is 37.3 Å². The number of hydrogen-bond donors (Lipinski definition) is 1. The molecule has 0 aliphatic carbocycles. The van der Waals surface area contributed by atoms with Crippen LogP contribution in [-0.2, 0) is 5.75 Å². The standard InChI is InChI=1S/C14H14FNS/c1-10-5-6-12(15)7-11(10)9-17-14-4-2-3-13(16)8-14/h2-8H,9,16H2,1H3. The van der Waals surface area contributed by atoms with Crippen LogP contribution >= 0.6 is 11.8 Å². The molecule has 0 aromatic heterocycles. The van der Waals surface area contributed by atoms with Gasteiger partial charge >= 0.3 is 0 Å². The van der Waals surface area contributed by atoms with Gasteiger partial charge in [-0.2, -0.15) is 0 Å². The van der Waals surface area contributed by atoms with Crippen molar-refractivity contribution in [3.05, 3.63) is 59.4 Å². The summed E-state index contributed by atoms with van der Waals surface area (Å²) in [6.45, 7) is 1.99. The molecule has 0 radical (unpaired) electrons. The third-order valence-electron chi connectivity index (χ3n) is 2.56. The van der Waals surface area contributed by atoms with E-state index >= 15 is 0 Å². The summed E-state index contributed by atoms with van der Waals surface area (Å²) in [5.41, 5.74) is 8.60. The Hall–Kier alpha value is -1.48. The van der Waals surface area contributed by atoms with Crippen molar-refractivity contribution in [3.8, 4) is 0 Å². The minimum atomic E-state index is -0.182. The zero-order chi connectivity index (χ0) is 12.3. The summed E-state index contributed by atoms with van der Waals surface area (Å²) in [4.78, 5) is 1.11. The number of anilines is 1. The van der Waals surface area contributed by atoms with E-state index in [-0.39, 0.29) is 5.82 Å². The van der Waals surface area contributed by atoms with Gasteiger partial charge in [0.1, 0.15) is 5.82 Å². The van der Waals surface area contributed by atoms with Crippen molar-refractivity contribution < 1.29 is 4.39 Å². The van der Waals surface area contributed by atoms with Gasteiger partial charge in [-0.25, -0.2) is 4.39 Å². The first-order valence-electron chi connectivity index (χ1n) is 5.38. The lowest BCUT2D eigenvalue weighted by atomic mass is 10.1. The molecule has 3 heteroatoms. The molecular weight excluding hydrogens is 233 g/mol. The second-order valence-corrected chi connectivity index (χ2v) is 4.98. The Balaban J connectivity index is 2.09. The summed E-state index contributed by atoms with van der Waals surface area (Å²) < 4.78 is 13.1. The molecule has 17 heavy (non-hydrogen) atoms. The van der Waals surface area contributed by atoms with Gasteiger partial charge in [0.05, 0.1) is 0 Å². The number of nitrogen functional groups attached to an aromatic ring is 1. The van der Waals surface area contributed by atoms with Gasteiger partial charge in [-0.3, -0.25) is 0 Å². The maximum atomic E-state index is 13.1. The highest BCUT2D eigenvalue weighted by molar-refractivity contribution is 7.98. The first-order chi connectivity index (χ1) is 8.15. The molecular formula is C14H14FNS. The van der Waals surface area contributed by atoms with Gasteiger partial charge < -0.3 is 5.73 Å². The highest BCUT2D eigenvalue weighted by atomic mass is 32.2. The van der Waals surface area contributed by atoms with Gasteiger partial charge in [-0.1, -0.05) is 12.1 Å². The molecule has 0 heterocycles. The number of hydrogen-bond acceptors (Lipinski definition) is 2. The Kier molecular flexibility index (Phi) is 3.69. The molecule has 0 saturated heterocycles. The quantitative estimate of drug-likeness (QED) is 0.655. The van der Waals surface area contributed by atoms with Crippen LogP contribution < -0.4 is 5.73 Å². The van der Waals surface area contributed by atoms with Crippen molar-refractivity contribution in [3.63, 3.8) is 0 Å². The van der Waals surface area contributed by atoms with Gasteiger partial charge in [0.25, 0.3) is 0 Å². The lowest BCUT2D eigenvalue weighted by Gasteiger charge is -2.06. The Morgan fingerprint density at radius 1 is 1.18 bits per heavy atom. The van der Waals surface area contributed by atoms with E-state index in [4.69, 9.17) is 5.73 Å². The lowest BCUT2D eigenvalue weighted by Crippen LogP contribution is -1.89.